The lowest BCUT2D eigenvalue weighted by Gasteiger charge is -2.35. The van der Waals surface area contributed by atoms with E-state index in [0.717, 1.165) is 44.0 Å². The van der Waals surface area contributed by atoms with Gasteiger partial charge in [-0.3, -0.25) is 4.79 Å². The summed E-state index contributed by atoms with van der Waals surface area (Å²) in [5, 5.41) is 3.08. The molecular formula is C23H31N3O3. The second-order valence-electron chi connectivity index (χ2n) is 7.20. The van der Waals surface area contributed by atoms with Gasteiger partial charge in [0.25, 0.3) is 5.91 Å². The first-order chi connectivity index (χ1) is 14.1. The zero-order valence-electron chi connectivity index (χ0n) is 17.6. The third kappa shape index (κ3) is 5.41. The lowest BCUT2D eigenvalue weighted by atomic mass is 10.1. The Labute approximate surface area is 173 Å². The average molecular weight is 398 g/mol. The van der Waals surface area contributed by atoms with Gasteiger partial charge >= 0.3 is 0 Å². The Morgan fingerprint density at radius 3 is 2.48 bits per heavy atom. The number of likely N-dealkylation sites (N-methyl/N-ethyl adjacent to an activating group) is 1. The SMILES string of the molecule is CCCOc1ccc(C(=O)Nc2ccccc2N2CCN(C)CC2)cc1OCC. The van der Waals surface area contributed by atoms with E-state index in [4.69, 9.17) is 9.47 Å². The molecule has 156 valence electrons. The van der Waals surface area contributed by atoms with Gasteiger partial charge in [-0.1, -0.05) is 19.1 Å². The van der Waals surface area contributed by atoms with Crippen molar-refractivity contribution in [2.24, 2.45) is 0 Å². The zero-order valence-corrected chi connectivity index (χ0v) is 17.6. The fourth-order valence-electron chi connectivity index (χ4n) is 3.35. The van der Waals surface area contributed by atoms with Crippen molar-refractivity contribution in [3.8, 4) is 11.5 Å². The molecule has 1 N–H and O–H groups in total. The van der Waals surface area contributed by atoms with Crippen molar-refractivity contribution in [1.82, 2.24) is 4.90 Å². The minimum absolute atomic E-state index is 0.158. The molecule has 29 heavy (non-hydrogen) atoms. The number of anilines is 2. The number of carbonyl (C=O) groups is 1. The summed E-state index contributed by atoms with van der Waals surface area (Å²) in [4.78, 5) is 17.6. The van der Waals surface area contributed by atoms with E-state index in [1.54, 1.807) is 12.1 Å². The van der Waals surface area contributed by atoms with Crippen LogP contribution in [0.1, 0.15) is 30.6 Å². The molecule has 3 rings (SSSR count). The molecule has 1 aliphatic rings. The number of nitrogens with zero attached hydrogens (tertiary/aromatic N) is 2. The van der Waals surface area contributed by atoms with Crippen LogP contribution in [0.5, 0.6) is 11.5 Å². The van der Waals surface area contributed by atoms with Gasteiger partial charge in [0.1, 0.15) is 0 Å². The van der Waals surface area contributed by atoms with Crippen LogP contribution in [0.15, 0.2) is 42.5 Å². The summed E-state index contributed by atoms with van der Waals surface area (Å²) in [6, 6.07) is 13.3. The van der Waals surface area contributed by atoms with Gasteiger partial charge in [0.2, 0.25) is 0 Å². The fourth-order valence-corrected chi connectivity index (χ4v) is 3.35. The summed E-state index contributed by atoms with van der Waals surface area (Å²) in [7, 11) is 2.13. The molecule has 0 bridgehead atoms. The van der Waals surface area contributed by atoms with Crippen molar-refractivity contribution >= 4 is 17.3 Å². The number of hydrogen-bond donors (Lipinski definition) is 1. The molecule has 6 heteroatoms. The molecule has 0 unspecified atom stereocenters. The highest BCUT2D eigenvalue weighted by atomic mass is 16.5. The van der Waals surface area contributed by atoms with Gasteiger partial charge in [-0.05, 0) is 50.7 Å². The number of nitrogens with one attached hydrogen (secondary N) is 1. The molecule has 1 amide bonds. The lowest BCUT2D eigenvalue weighted by molar-refractivity contribution is 0.102. The summed E-state index contributed by atoms with van der Waals surface area (Å²) in [6.07, 6.45) is 0.914. The molecule has 0 aromatic heterocycles. The summed E-state index contributed by atoms with van der Waals surface area (Å²) in [6.45, 7) is 9.02. The summed E-state index contributed by atoms with van der Waals surface area (Å²) < 4.78 is 11.4. The van der Waals surface area contributed by atoms with Crippen molar-refractivity contribution in [3.63, 3.8) is 0 Å². The molecule has 6 nitrogen and oxygen atoms in total. The van der Waals surface area contributed by atoms with Crippen LogP contribution in [0.2, 0.25) is 0 Å². The van der Waals surface area contributed by atoms with Crippen LogP contribution in [0.25, 0.3) is 0 Å². The number of rotatable bonds is 8. The van der Waals surface area contributed by atoms with Gasteiger partial charge in [-0.25, -0.2) is 0 Å². The first-order valence-electron chi connectivity index (χ1n) is 10.4. The van der Waals surface area contributed by atoms with Crippen LogP contribution >= 0.6 is 0 Å². The lowest BCUT2D eigenvalue weighted by Crippen LogP contribution is -2.44. The quantitative estimate of drug-likeness (QED) is 0.733. The van der Waals surface area contributed by atoms with Gasteiger partial charge in [0, 0.05) is 31.7 Å². The van der Waals surface area contributed by atoms with E-state index in [2.05, 4.69) is 35.2 Å². The minimum Gasteiger partial charge on any atom is -0.490 e. The van der Waals surface area contributed by atoms with Crippen LogP contribution in [0, 0.1) is 0 Å². The molecular weight excluding hydrogens is 366 g/mol. The van der Waals surface area contributed by atoms with E-state index in [1.165, 1.54) is 0 Å². The third-order valence-electron chi connectivity index (χ3n) is 4.96. The van der Waals surface area contributed by atoms with E-state index in [9.17, 15) is 4.79 Å². The van der Waals surface area contributed by atoms with E-state index in [-0.39, 0.29) is 5.91 Å². The molecule has 0 saturated carbocycles. The summed E-state index contributed by atoms with van der Waals surface area (Å²) >= 11 is 0. The Morgan fingerprint density at radius 1 is 1.00 bits per heavy atom. The molecule has 1 saturated heterocycles. The van der Waals surface area contributed by atoms with Crippen LogP contribution < -0.4 is 19.7 Å². The first kappa shape index (κ1) is 21.0. The molecule has 0 spiro atoms. The number of amides is 1. The predicted octanol–water partition coefficient (Wildman–Crippen LogP) is 3.88. The van der Waals surface area contributed by atoms with Gasteiger partial charge < -0.3 is 24.6 Å². The summed E-state index contributed by atoms with van der Waals surface area (Å²) in [5.74, 6) is 1.11. The number of carbonyl (C=O) groups excluding carboxylic acids is 1. The topological polar surface area (TPSA) is 54.0 Å². The highest BCUT2D eigenvalue weighted by Gasteiger charge is 2.19. The van der Waals surface area contributed by atoms with Gasteiger partial charge in [-0.2, -0.15) is 0 Å². The highest BCUT2D eigenvalue weighted by Crippen LogP contribution is 2.30. The Kier molecular flexibility index (Phi) is 7.36. The van der Waals surface area contributed by atoms with Crippen molar-refractivity contribution in [3.05, 3.63) is 48.0 Å². The van der Waals surface area contributed by atoms with E-state index in [0.29, 0.717) is 30.3 Å². The molecule has 2 aromatic carbocycles. The van der Waals surface area contributed by atoms with Crippen LogP contribution in [-0.4, -0.2) is 57.2 Å². The number of piperazine rings is 1. The van der Waals surface area contributed by atoms with E-state index >= 15 is 0 Å². The minimum atomic E-state index is -0.158. The van der Waals surface area contributed by atoms with Crippen molar-refractivity contribution in [2.45, 2.75) is 20.3 Å². The monoisotopic (exact) mass is 397 g/mol. The summed E-state index contributed by atoms with van der Waals surface area (Å²) in [5.41, 5.74) is 2.43. The van der Waals surface area contributed by atoms with E-state index < -0.39 is 0 Å². The van der Waals surface area contributed by atoms with Crippen LogP contribution in [-0.2, 0) is 0 Å². The molecule has 2 aromatic rings. The van der Waals surface area contributed by atoms with Crippen LogP contribution in [0.3, 0.4) is 0 Å². The maximum atomic E-state index is 12.9. The number of para-hydroxylation sites is 2. The molecule has 0 atom stereocenters. The second-order valence-corrected chi connectivity index (χ2v) is 7.20. The Balaban J connectivity index is 1.77. The fraction of sp³-hybridized carbons (Fsp3) is 0.435. The highest BCUT2D eigenvalue weighted by molar-refractivity contribution is 6.06. The molecule has 1 fully saturated rings. The van der Waals surface area contributed by atoms with Gasteiger partial charge in [-0.15, -0.1) is 0 Å². The zero-order chi connectivity index (χ0) is 20.6. The van der Waals surface area contributed by atoms with Gasteiger partial charge in [0.05, 0.1) is 24.6 Å². The van der Waals surface area contributed by atoms with Crippen LogP contribution in [0.4, 0.5) is 11.4 Å². The normalized spacial score (nSPS) is 14.5. The number of hydrogen-bond acceptors (Lipinski definition) is 5. The second kappa shape index (κ2) is 10.2. The molecule has 1 heterocycles. The smallest absolute Gasteiger partial charge is 0.255 e. The third-order valence-corrected chi connectivity index (χ3v) is 4.96. The Hall–Kier alpha value is -2.73. The molecule has 0 radical (unpaired) electrons. The average Bonchev–Trinajstić information content (AvgIpc) is 2.74. The number of benzene rings is 2. The Bertz CT molecular complexity index is 817. The maximum Gasteiger partial charge on any atom is 0.255 e. The van der Waals surface area contributed by atoms with Gasteiger partial charge in [0.15, 0.2) is 11.5 Å². The maximum absolute atomic E-state index is 12.9. The molecule has 0 aliphatic carbocycles. The van der Waals surface area contributed by atoms with Crippen molar-refractivity contribution in [1.29, 1.82) is 0 Å². The standard InChI is InChI=1S/C23H31N3O3/c1-4-16-29-21-11-10-18(17-22(21)28-5-2)23(27)24-19-8-6-7-9-20(19)26-14-12-25(3)13-15-26/h6-11,17H,4-5,12-16H2,1-3H3,(H,24,27). The molecule has 1 aliphatic heterocycles. The number of ether oxygens (including phenoxy) is 2. The Morgan fingerprint density at radius 2 is 1.76 bits per heavy atom. The van der Waals surface area contributed by atoms with Crippen molar-refractivity contribution in [2.75, 3.05) is 56.7 Å². The van der Waals surface area contributed by atoms with Crippen molar-refractivity contribution < 1.29 is 14.3 Å². The van der Waals surface area contributed by atoms with E-state index in [1.807, 2.05) is 31.2 Å². The first-order valence-corrected chi connectivity index (χ1v) is 10.4. The predicted molar refractivity (Wildman–Crippen MR) is 118 cm³/mol. The largest absolute Gasteiger partial charge is 0.490 e.